The van der Waals surface area contributed by atoms with E-state index >= 15 is 0 Å². The van der Waals surface area contributed by atoms with Gasteiger partial charge in [0.15, 0.2) is 5.82 Å². The van der Waals surface area contributed by atoms with Crippen molar-refractivity contribution in [1.29, 1.82) is 0 Å². The van der Waals surface area contributed by atoms with Crippen LogP contribution in [0, 0.1) is 12.7 Å². The number of aromatic nitrogens is 1. The van der Waals surface area contributed by atoms with Gasteiger partial charge in [-0.25, -0.2) is 14.2 Å². The summed E-state index contributed by atoms with van der Waals surface area (Å²) < 4.78 is 19.5. The predicted molar refractivity (Wildman–Crippen MR) is 81.9 cm³/mol. The summed E-state index contributed by atoms with van der Waals surface area (Å²) in [5.41, 5.74) is 1.79. The number of pyridine rings is 1. The molecule has 5 heteroatoms. The van der Waals surface area contributed by atoms with E-state index in [0.29, 0.717) is 16.7 Å². The first kappa shape index (κ1) is 13.9. The van der Waals surface area contributed by atoms with Crippen LogP contribution in [-0.2, 0) is 6.42 Å². The van der Waals surface area contributed by atoms with Crippen LogP contribution < -0.4 is 5.63 Å². The second kappa shape index (κ2) is 5.41. The van der Waals surface area contributed by atoms with Gasteiger partial charge in [-0.3, -0.25) is 0 Å². The molecule has 0 aliphatic rings. The van der Waals surface area contributed by atoms with Gasteiger partial charge in [-0.05, 0) is 46.1 Å². The lowest BCUT2D eigenvalue weighted by Gasteiger charge is -2.08. The van der Waals surface area contributed by atoms with Crippen LogP contribution in [0.2, 0.25) is 0 Å². The lowest BCUT2D eigenvalue weighted by Crippen LogP contribution is -2.11. The third-order valence-electron chi connectivity index (χ3n) is 3.49. The van der Waals surface area contributed by atoms with Crippen molar-refractivity contribution in [3.8, 4) is 0 Å². The zero-order valence-electron chi connectivity index (χ0n) is 11.2. The molecule has 2 heterocycles. The Hall–Kier alpha value is -2.01. The number of para-hydroxylation sites is 1. The molecule has 0 amide bonds. The zero-order chi connectivity index (χ0) is 15.0. The smallest absolute Gasteiger partial charge is 0.340 e. The number of hydrogen-bond acceptors (Lipinski definition) is 3. The van der Waals surface area contributed by atoms with Gasteiger partial charge in [0.25, 0.3) is 0 Å². The fourth-order valence-electron chi connectivity index (χ4n) is 2.33. The van der Waals surface area contributed by atoms with Crippen molar-refractivity contribution < 1.29 is 8.81 Å². The van der Waals surface area contributed by atoms with Gasteiger partial charge in [0.05, 0.1) is 0 Å². The van der Waals surface area contributed by atoms with Crippen LogP contribution in [0.5, 0.6) is 0 Å². The Balaban J connectivity index is 2.17. The summed E-state index contributed by atoms with van der Waals surface area (Å²) >= 11 is 3.05. The number of rotatable bonds is 2. The molecule has 1 aromatic carbocycles. The third kappa shape index (κ3) is 2.49. The van der Waals surface area contributed by atoms with E-state index in [-0.39, 0.29) is 11.0 Å². The van der Waals surface area contributed by atoms with E-state index in [9.17, 15) is 9.18 Å². The molecule has 0 unspecified atom stereocenters. The van der Waals surface area contributed by atoms with E-state index in [4.69, 9.17) is 4.42 Å². The van der Waals surface area contributed by atoms with E-state index in [0.717, 1.165) is 10.9 Å². The number of hydrogen-bond donors (Lipinski definition) is 0. The molecule has 3 aromatic rings. The van der Waals surface area contributed by atoms with Crippen LogP contribution >= 0.6 is 15.9 Å². The first-order chi connectivity index (χ1) is 10.1. The van der Waals surface area contributed by atoms with Gasteiger partial charge in [-0.15, -0.1) is 0 Å². The molecule has 3 rings (SSSR count). The zero-order valence-corrected chi connectivity index (χ0v) is 12.8. The molecule has 0 radical (unpaired) electrons. The van der Waals surface area contributed by atoms with Crippen LogP contribution in [0.1, 0.15) is 16.7 Å². The van der Waals surface area contributed by atoms with Crippen LogP contribution in [0.4, 0.5) is 4.39 Å². The molecule has 0 saturated carbocycles. The van der Waals surface area contributed by atoms with Crippen molar-refractivity contribution in [2.24, 2.45) is 0 Å². The van der Waals surface area contributed by atoms with E-state index < -0.39 is 11.4 Å². The number of aryl methyl sites for hydroxylation is 1. The standard InChI is InChI=1S/C16H11BrFNO2/c1-9-11-4-2-3-5-13(11)21-16(20)12(9)8-10-6-7-19-15(17)14(10)18/h2-7H,8H2,1H3. The van der Waals surface area contributed by atoms with E-state index in [1.54, 1.807) is 12.1 Å². The second-order valence-electron chi connectivity index (χ2n) is 4.74. The van der Waals surface area contributed by atoms with Crippen molar-refractivity contribution >= 4 is 26.9 Å². The average molecular weight is 348 g/mol. The highest BCUT2D eigenvalue weighted by Gasteiger charge is 2.15. The van der Waals surface area contributed by atoms with Crippen molar-refractivity contribution in [1.82, 2.24) is 4.98 Å². The fourth-order valence-corrected chi connectivity index (χ4v) is 2.70. The van der Waals surface area contributed by atoms with Crippen LogP contribution in [0.3, 0.4) is 0 Å². The van der Waals surface area contributed by atoms with E-state index in [1.165, 1.54) is 6.20 Å². The van der Waals surface area contributed by atoms with E-state index in [2.05, 4.69) is 20.9 Å². The highest BCUT2D eigenvalue weighted by Crippen LogP contribution is 2.23. The number of nitrogens with zero attached hydrogens (tertiary/aromatic N) is 1. The Morgan fingerprint density at radius 1 is 1.29 bits per heavy atom. The molecule has 106 valence electrons. The Labute approximate surface area is 128 Å². The van der Waals surface area contributed by atoms with Gasteiger partial charge >= 0.3 is 5.63 Å². The molecule has 0 fully saturated rings. The quantitative estimate of drug-likeness (QED) is 0.520. The fraction of sp³-hybridized carbons (Fsp3) is 0.125. The predicted octanol–water partition coefficient (Wildman–Crippen LogP) is 3.99. The monoisotopic (exact) mass is 347 g/mol. The Kier molecular flexibility index (Phi) is 3.59. The Bertz CT molecular complexity index is 889. The van der Waals surface area contributed by atoms with E-state index in [1.807, 2.05) is 25.1 Å². The molecule has 2 aromatic heterocycles. The average Bonchev–Trinajstić information content (AvgIpc) is 2.47. The molecule has 0 saturated heterocycles. The van der Waals surface area contributed by atoms with Gasteiger partial charge in [0.2, 0.25) is 0 Å². The minimum absolute atomic E-state index is 0.142. The van der Waals surface area contributed by atoms with Crippen LogP contribution in [0.25, 0.3) is 11.0 Å². The molecule has 0 spiro atoms. The molecule has 0 bridgehead atoms. The summed E-state index contributed by atoms with van der Waals surface area (Å²) in [6.45, 7) is 1.85. The highest BCUT2D eigenvalue weighted by atomic mass is 79.9. The number of halogens is 2. The molecular weight excluding hydrogens is 337 g/mol. The summed E-state index contributed by atoms with van der Waals surface area (Å²) in [7, 11) is 0. The molecule has 0 N–H and O–H groups in total. The molecule has 0 aliphatic carbocycles. The van der Waals surface area contributed by atoms with Gasteiger partial charge < -0.3 is 4.42 Å². The summed E-state index contributed by atoms with van der Waals surface area (Å²) in [4.78, 5) is 16.0. The minimum atomic E-state index is -0.454. The first-order valence-corrected chi connectivity index (χ1v) is 7.17. The first-order valence-electron chi connectivity index (χ1n) is 6.38. The molecule has 3 nitrogen and oxygen atoms in total. The van der Waals surface area contributed by atoms with Crippen molar-refractivity contribution in [3.63, 3.8) is 0 Å². The van der Waals surface area contributed by atoms with Crippen molar-refractivity contribution in [3.05, 3.63) is 74.1 Å². The number of benzene rings is 1. The normalized spacial score (nSPS) is 11.0. The molecule has 0 atom stereocenters. The van der Waals surface area contributed by atoms with Crippen molar-refractivity contribution in [2.75, 3.05) is 0 Å². The topological polar surface area (TPSA) is 43.1 Å². The maximum absolute atomic E-state index is 14.0. The summed E-state index contributed by atoms with van der Waals surface area (Å²) in [6.07, 6.45) is 1.67. The Morgan fingerprint density at radius 3 is 2.86 bits per heavy atom. The molecular formula is C16H11BrFNO2. The lowest BCUT2D eigenvalue weighted by atomic mass is 10.00. The maximum atomic E-state index is 14.0. The number of fused-ring (bicyclic) bond motifs is 1. The summed E-state index contributed by atoms with van der Waals surface area (Å²) in [5.74, 6) is -0.454. The largest absolute Gasteiger partial charge is 0.423 e. The van der Waals surface area contributed by atoms with Crippen LogP contribution in [-0.4, -0.2) is 4.98 Å². The van der Waals surface area contributed by atoms with Gasteiger partial charge in [0, 0.05) is 23.6 Å². The SMILES string of the molecule is Cc1c(Cc2ccnc(Br)c2F)c(=O)oc2ccccc12. The van der Waals surface area contributed by atoms with Gasteiger partial charge in [-0.1, -0.05) is 18.2 Å². The van der Waals surface area contributed by atoms with Gasteiger partial charge in [0.1, 0.15) is 10.2 Å². The third-order valence-corrected chi connectivity index (χ3v) is 4.04. The highest BCUT2D eigenvalue weighted by molar-refractivity contribution is 9.10. The summed E-state index contributed by atoms with van der Waals surface area (Å²) in [5, 5.41) is 0.862. The lowest BCUT2D eigenvalue weighted by molar-refractivity contribution is 0.548. The van der Waals surface area contributed by atoms with Gasteiger partial charge in [-0.2, -0.15) is 0 Å². The molecule has 0 aliphatic heterocycles. The summed E-state index contributed by atoms with van der Waals surface area (Å²) in [6, 6.07) is 8.88. The maximum Gasteiger partial charge on any atom is 0.340 e. The van der Waals surface area contributed by atoms with Crippen molar-refractivity contribution in [2.45, 2.75) is 13.3 Å². The minimum Gasteiger partial charge on any atom is -0.423 e. The second-order valence-corrected chi connectivity index (χ2v) is 5.49. The molecule has 21 heavy (non-hydrogen) atoms. The Morgan fingerprint density at radius 2 is 2.05 bits per heavy atom. The van der Waals surface area contributed by atoms with Crippen LogP contribution in [0.15, 0.2) is 50.3 Å².